The molecule has 0 amide bonds. The first-order chi connectivity index (χ1) is 10.2. The Hall–Kier alpha value is -2.54. The van der Waals surface area contributed by atoms with E-state index in [1.165, 1.54) is 17.8 Å². The smallest absolute Gasteiger partial charge is 0.277 e. The predicted molar refractivity (Wildman–Crippen MR) is 75.9 cm³/mol. The molecule has 0 aliphatic rings. The van der Waals surface area contributed by atoms with E-state index in [-0.39, 0.29) is 0 Å². The van der Waals surface area contributed by atoms with Crippen LogP contribution in [0.25, 0.3) is 11.5 Å². The van der Waals surface area contributed by atoms with E-state index in [2.05, 4.69) is 10.2 Å². The number of hydrogen-bond donors (Lipinski definition) is 1. The Morgan fingerprint density at radius 1 is 1.19 bits per heavy atom. The maximum absolute atomic E-state index is 11.3. The van der Waals surface area contributed by atoms with E-state index in [0.29, 0.717) is 22.6 Å². The molecular weight excluding hydrogens is 292 g/mol. The molecule has 0 fully saturated rings. The van der Waals surface area contributed by atoms with E-state index in [9.17, 15) is 4.79 Å². The standard InChI is InChI=1S/C14H10N2O4S/c17-11-6-10(19-7-12(11)18)8-21-14-16-15-13(20-14)9-4-2-1-3-5-9/h1-7,18H,8H2. The fourth-order valence-electron chi connectivity index (χ4n) is 1.62. The zero-order chi connectivity index (χ0) is 14.7. The van der Waals surface area contributed by atoms with E-state index in [4.69, 9.17) is 13.9 Å². The first kappa shape index (κ1) is 13.4. The third-order valence-electron chi connectivity index (χ3n) is 2.63. The van der Waals surface area contributed by atoms with Crippen molar-refractivity contribution in [2.24, 2.45) is 0 Å². The third-order valence-corrected chi connectivity index (χ3v) is 3.47. The molecule has 0 radical (unpaired) electrons. The SMILES string of the molecule is O=c1cc(CSc2nnc(-c3ccccc3)o2)occ1O. The van der Waals surface area contributed by atoms with Crippen LogP contribution < -0.4 is 5.43 Å². The molecule has 0 bridgehead atoms. The lowest BCUT2D eigenvalue weighted by atomic mass is 10.2. The summed E-state index contributed by atoms with van der Waals surface area (Å²) in [5.74, 6) is 0.798. The minimum absolute atomic E-state index is 0.353. The fourth-order valence-corrected chi connectivity index (χ4v) is 2.27. The Balaban J connectivity index is 1.70. The summed E-state index contributed by atoms with van der Waals surface area (Å²) in [6.07, 6.45) is 1.02. The van der Waals surface area contributed by atoms with Gasteiger partial charge in [0.1, 0.15) is 12.0 Å². The first-order valence-corrected chi connectivity index (χ1v) is 7.03. The molecule has 0 unspecified atom stereocenters. The van der Waals surface area contributed by atoms with E-state index < -0.39 is 11.2 Å². The minimum atomic E-state index is -0.479. The summed E-state index contributed by atoms with van der Waals surface area (Å²) in [7, 11) is 0. The average Bonchev–Trinajstić information content (AvgIpc) is 2.98. The normalized spacial score (nSPS) is 10.7. The van der Waals surface area contributed by atoms with Gasteiger partial charge in [0.25, 0.3) is 5.22 Å². The van der Waals surface area contributed by atoms with Crippen LogP contribution in [-0.4, -0.2) is 15.3 Å². The Morgan fingerprint density at radius 2 is 2.00 bits per heavy atom. The molecule has 3 rings (SSSR count). The quantitative estimate of drug-likeness (QED) is 0.741. The number of hydrogen-bond acceptors (Lipinski definition) is 7. The summed E-state index contributed by atoms with van der Waals surface area (Å²) >= 11 is 1.25. The van der Waals surface area contributed by atoms with Crippen molar-refractivity contribution in [2.75, 3.05) is 0 Å². The molecule has 106 valence electrons. The second-order valence-corrected chi connectivity index (χ2v) is 5.05. The van der Waals surface area contributed by atoms with Crippen LogP contribution in [0.3, 0.4) is 0 Å². The molecule has 0 aliphatic carbocycles. The van der Waals surface area contributed by atoms with Crippen molar-refractivity contribution in [1.29, 1.82) is 0 Å². The minimum Gasteiger partial charge on any atom is -0.502 e. The van der Waals surface area contributed by atoms with E-state index >= 15 is 0 Å². The molecule has 2 heterocycles. The van der Waals surface area contributed by atoms with Gasteiger partial charge in [0.15, 0.2) is 5.75 Å². The van der Waals surface area contributed by atoms with Gasteiger partial charge in [0.2, 0.25) is 11.3 Å². The monoisotopic (exact) mass is 302 g/mol. The van der Waals surface area contributed by atoms with Gasteiger partial charge in [-0.1, -0.05) is 30.0 Å². The van der Waals surface area contributed by atoms with Crippen LogP contribution >= 0.6 is 11.8 Å². The lowest BCUT2D eigenvalue weighted by molar-refractivity contribution is 0.418. The highest BCUT2D eigenvalue weighted by Gasteiger charge is 2.10. The molecule has 0 spiro atoms. The zero-order valence-electron chi connectivity index (χ0n) is 10.7. The first-order valence-electron chi connectivity index (χ1n) is 6.05. The van der Waals surface area contributed by atoms with Gasteiger partial charge in [-0.25, -0.2) is 0 Å². The number of rotatable bonds is 4. The van der Waals surface area contributed by atoms with Crippen molar-refractivity contribution in [2.45, 2.75) is 11.0 Å². The van der Waals surface area contributed by atoms with Crippen molar-refractivity contribution in [3.8, 4) is 17.2 Å². The van der Waals surface area contributed by atoms with Gasteiger partial charge < -0.3 is 13.9 Å². The molecule has 0 aliphatic heterocycles. The van der Waals surface area contributed by atoms with Crippen molar-refractivity contribution < 1.29 is 13.9 Å². The molecule has 0 atom stereocenters. The maximum atomic E-state index is 11.3. The summed E-state index contributed by atoms with van der Waals surface area (Å²) in [5, 5.41) is 17.4. The van der Waals surface area contributed by atoms with Crippen LogP contribution in [0.15, 0.2) is 61.5 Å². The molecule has 2 aromatic heterocycles. The van der Waals surface area contributed by atoms with Crippen LogP contribution in [0.5, 0.6) is 5.75 Å². The molecule has 0 saturated carbocycles. The van der Waals surface area contributed by atoms with Gasteiger partial charge in [0, 0.05) is 11.6 Å². The van der Waals surface area contributed by atoms with Gasteiger partial charge >= 0.3 is 0 Å². The molecule has 1 aromatic carbocycles. The molecule has 7 heteroatoms. The second kappa shape index (κ2) is 5.84. The number of nitrogens with zero attached hydrogens (tertiary/aromatic N) is 2. The van der Waals surface area contributed by atoms with Gasteiger partial charge in [-0.3, -0.25) is 4.79 Å². The van der Waals surface area contributed by atoms with Crippen molar-refractivity contribution in [1.82, 2.24) is 10.2 Å². The summed E-state index contributed by atoms with van der Waals surface area (Å²) < 4.78 is 10.6. The van der Waals surface area contributed by atoms with Gasteiger partial charge in [0.05, 0.1) is 5.75 Å². The van der Waals surface area contributed by atoms with Gasteiger partial charge in [-0.2, -0.15) is 0 Å². The summed E-state index contributed by atoms with van der Waals surface area (Å²) in [6.45, 7) is 0. The third kappa shape index (κ3) is 3.14. The highest BCUT2D eigenvalue weighted by atomic mass is 32.2. The fraction of sp³-hybridized carbons (Fsp3) is 0.0714. The largest absolute Gasteiger partial charge is 0.502 e. The summed E-state index contributed by atoms with van der Waals surface area (Å²) in [6, 6.07) is 10.7. The topological polar surface area (TPSA) is 89.4 Å². The highest BCUT2D eigenvalue weighted by molar-refractivity contribution is 7.98. The Bertz CT molecular complexity index is 798. The molecule has 0 saturated heterocycles. The second-order valence-electron chi connectivity index (χ2n) is 4.12. The molecular formula is C14H10N2O4S. The van der Waals surface area contributed by atoms with Crippen LogP contribution in [0.4, 0.5) is 0 Å². The van der Waals surface area contributed by atoms with Crippen molar-refractivity contribution in [3.63, 3.8) is 0 Å². The molecule has 6 nitrogen and oxygen atoms in total. The molecule has 3 aromatic rings. The van der Waals surface area contributed by atoms with Crippen LogP contribution in [-0.2, 0) is 5.75 Å². The maximum Gasteiger partial charge on any atom is 0.277 e. The number of aromatic nitrogens is 2. The average molecular weight is 302 g/mol. The van der Waals surface area contributed by atoms with Gasteiger partial charge in [-0.15, -0.1) is 10.2 Å². The lowest BCUT2D eigenvalue weighted by Gasteiger charge is -1.97. The van der Waals surface area contributed by atoms with Crippen molar-refractivity contribution in [3.05, 3.63) is 58.6 Å². The Morgan fingerprint density at radius 3 is 2.76 bits per heavy atom. The summed E-state index contributed by atoms with van der Waals surface area (Å²) in [5.41, 5.74) is 0.361. The van der Waals surface area contributed by atoms with Crippen molar-refractivity contribution >= 4 is 11.8 Å². The number of aromatic hydroxyl groups is 1. The zero-order valence-corrected chi connectivity index (χ0v) is 11.5. The number of thioether (sulfide) groups is 1. The molecule has 21 heavy (non-hydrogen) atoms. The van der Waals surface area contributed by atoms with Crippen LogP contribution in [0, 0.1) is 0 Å². The summed E-state index contributed by atoms with van der Waals surface area (Å²) in [4.78, 5) is 11.3. The lowest BCUT2D eigenvalue weighted by Crippen LogP contribution is -1.98. The Kier molecular flexibility index (Phi) is 3.74. The van der Waals surface area contributed by atoms with Gasteiger partial charge in [-0.05, 0) is 12.1 Å². The number of benzene rings is 1. The predicted octanol–water partition coefficient (Wildman–Crippen LogP) is 2.69. The Labute approximate surface area is 123 Å². The van der Waals surface area contributed by atoms with E-state index in [0.717, 1.165) is 11.8 Å². The van der Waals surface area contributed by atoms with E-state index in [1.54, 1.807) is 0 Å². The van der Waals surface area contributed by atoms with E-state index in [1.807, 2.05) is 30.3 Å². The van der Waals surface area contributed by atoms with Crippen LogP contribution in [0.2, 0.25) is 0 Å². The van der Waals surface area contributed by atoms with Crippen LogP contribution in [0.1, 0.15) is 5.76 Å². The molecule has 1 N–H and O–H groups in total. The highest BCUT2D eigenvalue weighted by Crippen LogP contribution is 2.25.